The molecule has 0 fully saturated rings. The Morgan fingerprint density at radius 3 is 2.67 bits per heavy atom. The molecule has 0 aromatic heterocycles. The van der Waals surface area contributed by atoms with Gasteiger partial charge in [-0.1, -0.05) is 6.92 Å². The van der Waals surface area contributed by atoms with Crippen LogP contribution in [0.2, 0.25) is 0 Å². The van der Waals surface area contributed by atoms with Crippen molar-refractivity contribution in [1.29, 1.82) is 0 Å². The SMILES string of the molecule is CCCOC(C)C(=O)Cl. The van der Waals surface area contributed by atoms with E-state index in [0.29, 0.717) is 6.61 Å². The zero-order chi connectivity index (χ0) is 7.28. The maximum Gasteiger partial charge on any atom is 0.250 e. The van der Waals surface area contributed by atoms with Crippen LogP contribution in [0.3, 0.4) is 0 Å². The molecule has 0 aliphatic heterocycles. The topological polar surface area (TPSA) is 26.3 Å². The third-order valence-corrected chi connectivity index (χ3v) is 1.20. The first-order valence-electron chi connectivity index (χ1n) is 2.99. The van der Waals surface area contributed by atoms with Crippen molar-refractivity contribution >= 4 is 16.8 Å². The molecular weight excluding hydrogens is 140 g/mol. The highest BCUT2D eigenvalue weighted by molar-refractivity contribution is 6.64. The van der Waals surface area contributed by atoms with Crippen molar-refractivity contribution in [2.24, 2.45) is 0 Å². The summed E-state index contributed by atoms with van der Waals surface area (Å²) in [5.41, 5.74) is 0. The second kappa shape index (κ2) is 4.77. The van der Waals surface area contributed by atoms with Crippen molar-refractivity contribution in [3.05, 3.63) is 0 Å². The molecule has 2 nitrogen and oxygen atoms in total. The quantitative estimate of drug-likeness (QED) is 0.569. The smallest absolute Gasteiger partial charge is 0.250 e. The fourth-order valence-electron chi connectivity index (χ4n) is 0.360. The molecule has 0 aliphatic carbocycles. The van der Waals surface area contributed by atoms with Crippen LogP contribution < -0.4 is 0 Å². The molecule has 0 saturated heterocycles. The summed E-state index contributed by atoms with van der Waals surface area (Å²) < 4.78 is 4.97. The van der Waals surface area contributed by atoms with Crippen LogP contribution in [0.15, 0.2) is 0 Å². The molecule has 9 heavy (non-hydrogen) atoms. The number of carbonyl (C=O) groups excluding carboxylic acids is 1. The van der Waals surface area contributed by atoms with Crippen LogP contribution >= 0.6 is 11.6 Å². The maximum atomic E-state index is 10.3. The third-order valence-electron chi connectivity index (χ3n) is 0.892. The molecule has 1 atom stereocenters. The van der Waals surface area contributed by atoms with Gasteiger partial charge in [0.05, 0.1) is 0 Å². The molecule has 0 aromatic rings. The molecule has 0 heterocycles. The van der Waals surface area contributed by atoms with Crippen LogP contribution in [-0.4, -0.2) is 18.0 Å². The van der Waals surface area contributed by atoms with Gasteiger partial charge < -0.3 is 4.74 Å². The second-order valence-corrected chi connectivity index (χ2v) is 2.19. The minimum atomic E-state index is -0.452. The normalized spacial score (nSPS) is 13.2. The number of hydrogen-bond donors (Lipinski definition) is 0. The molecule has 0 radical (unpaired) electrons. The molecule has 0 saturated carbocycles. The van der Waals surface area contributed by atoms with Crippen LogP contribution in [0.4, 0.5) is 0 Å². The van der Waals surface area contributed by atoms with Crippen molar-refractivity contribution in [2.45, 2.75) is 26.4 Å². The minimum absolute atomic E-state index is 0.427. The zero-order valence-electron chi connectivity index (χ0n) is 5.69. The number of carbonyl (C=O) groups is 1. The molecule has 0 N–H and O–H groups in total. The first kappa shape index (κ1) is 8.92. The molecule has 0 rings (SSSR count). The fourth-order valence-corrected chi connectivity index (χ4v) is 0.423. The lowest BCUT2D eigenvalue weighted by atomic mass is 10.4. The van der Waals surface area contributed by atoms with E-state index in [1.165, 1.54) is 0 Å². The van der Waals surface area contributed by atoms with E-state index in [-0.39, 0.29) is 0 Å². The summed E-state index contributed by atoms with van der Waals surface area (Å²) in [6, 6.07) is 0. The molecule has 3 heteroatoms. The van der Waals surface area contributed by atoms with Crippen LogP contribution in [-0.2, 0) is 9.53 Å². The summed E-state index contributed by atoms with van der Waals surface area (Å²) in [6.07, 6.45) is 0.459. The van der Waals surface area contributed by atoms with Gasteiger partial charge in [0.25, 0.3) is 0 Å². The monoisotopic (exact) mass is 150 g/mol. The van der Waals surface area contributed by atoms with Crippen LogP contribution in [0, 0.1) is 0 Å². The average Bonchev–Trinajstić information content (AvgIpc) is 1.82. The van der Waals surface area contributed by atoms with Gasteiger partial charge in [0.2, 0.25) is 5.24 Å². The Morgan fingerprint density at radius 1 is 1.78 bits per heavy atom. The lowest BCUT2D eigenvalue weighted by Gasteiger charge is -2.05. The summed E-state index contributed by atoms with van der Waals surface area (Å²) in [5.74, 6) is 0. The van der Waals surface area contributed by atoms with E-state index in [1.807, 2.05) is 6.92 Å². The highest BCUT2D eigenvalue weighted by Crippen LogP contribution is 1.96. The Labute approximate surface area is 60.1 Å². The number of halogens is 1. The standard InChI is InChI=1S/C6H11ClO2/c1-3-4-9-5(2)6(7)8/h5H,3-4H2,1-2H3. The van der Waals surface area contributed by atoms with Crippen LogP contribution in [0.5, 0.6) is 0 Å². The van der Waals surface area contributed by atoms with Gasteiger partial charge in [-0.05, 0) is 24.9 Å². The average molecular weight is 151 g/mol. The molecule has 54 valence electrons. The highest BCUT2D eigenvalue weighted by atomic mass is 35.5. The second-order valence-electron chi connectivity index (χ2n) is 1.82. The van der Waals surface area contributed by atoms with Gasteiger partial charge in [0.1, 0.15) is 6.10 Å². The summed E-state index contributed by atoms with van der Waals surface area (Å²) in [7, 11) is 0. The molecule has 1 unspecified atom stereocenters. The summed E-state index contributed by atoms with van der Waals surface area (Å²) in [5, 5.41) is -0.427. The highest BCUT2D eigenvalue weighted by Gasteiger charge is 2.07. The van der Waals surface area contributed by atoms with E-state index in [4.69, 9.17) is 16.3 Å². The summed E-state index contributed by atoms with van der Waals surface area (Å²) in [4.78, 5) is 10.3. The van der Waals surface area contributed by atoms with E-state index in [2.05, 4.69) is 0 Å². The molecule has 0 spiro atoms. The van der Waals surface area contributed by atoms with E-state index in [1.54, 1.807) is 6.92 Å². The van der Waals surface area contributed by atoms with Crippen molar-refractivity contribution in [3.63, 3.8) is 0 Å². The first-order valence-corrected chi connectivity index (χ1v) is 3.37. The van der Waals surface area contributed by atoms with E-state index < -0.39 is 11.3 Å². The van der Waals surface area contributed by atoms with Crippen molar-refractivity contribution in [3.8, 4) is 0 Å². The maximum absolute atomic E-state index is 10.3. The van der Waals surface area contributed by atoms with Gasteiger partial charge >= 0.3 is 0 Å². The fraction of sp³-hybridized carbons (Fsp3) is 0.833. The number of hydrogen-bond acceptors (Lipinski definition) is 2. The van der Waals surface area contributed by atoms with Crippen LogP contribution in [0.25, 0.3) is 0 Å². The Morgan fingerprint density at radius 2 is 2.33 bits per heavy atom. The molecule has 0 bridgehead atoms. The number of ether oxygens (including phenoxy) is 1. The molecule has 0 aliphatic rings. The Kier molecular flexibility index (Phi) is 4.72. The Hall–Kier alpha value is -0.0800. The minimum Gasteiger partial charge on any atom is -0.369 e. The Bertz CT molecular complexity index is 93.1. The molecular formula is C6H11ClO2. The van der Waals surface area contributed by atoms with Crippen molar-refractivity contribution in [1.82, 2.24) is 0 Å². The predicted molar refractivity (Wildman–Crippen MR) is 36.6 cm³/mol. The van der Waals surface area contributed by atoms with Gasteiger partial charge in [-0.2, -0.15) is 0 Å². The van der Waals surface area contributed by atoms with Gasteiger partial charge in [-0.3, -0.25) is 4.79 Å². The van der Waals surface area contributed by atoms with Crippen LogP contribution in [0.1, 0.15) is 20.3 Å². The zero-order valence-corrected chi connectivity index (χ0v) is 6.44. The largest absolute Gasteiger partial charge is 0.369 e. The third kappa shape index (κ3) is 4.43. The summed E-state index contributed by atoms with van der Waals surface area (Å²) in [6.45, 7) is 4.22. The predicted octanol–water partition coefficient (Wildman–Crippen LogP) is 1.57. The van der Waals surface area contributed by atoms with Gasteiger partial charge in [0, 0.05) is 6.61 Å². The van der Waals surface area contributed by atoms with Crippen molar-refractivity contribution in [2.75, 3.05) is 6.61 Å². The molecule has 0 aromatic carbocycles. The van der Waals surface area contributed by atoms with Gasteiger partial charge in [-0.15, -0.1) is 0 Å². The van der Waals surface area contributed by atoms with Crippen molar-refractivity contribution < 1.29 is 9.53 Å². The first-order chi connectivity index (χ1) is 4.18. The van der Waals surface area contributed by atoms with E-state index in [0.717, 1.165) is 6.42 Å². The lowest BCUT2D eigenvalue weighted by molar-refractivity contribution is -0.121. The molecule has 0 amide bonds. The van der Waals surface area contributed by atoms with Gasteiger partial charge in [-0.25, -0.2) is 0 Å². The van der Waals surface area contributed by atoms with E-state index in [9.17, 15) is 4.79 Å². The summed E-state index contributed by atoms with van der Waals surface area (Å²) >= 11 is 5.10. The Balaban J connectivity index is 3.27. The van der Waals surface area contributed by atoms with E-state index >= 15 is 0 Å². The lowest BCUT2D eigenvalue weighted by Crippen LogP contribution is -2.15. The van der Waals surface area contributed by atoms with Gasteiger partial charge in [0.15, 0.2) is 0 Å². The number of rotatable bonds is 4.